The lowest BCUT2D eigenvalue weighted by atomic mass is 9.84. The normalized spacial score (nSPS) is 22.9. The molecule has 0 aromatic heterocycles. The van der Waals surface area contributed by atoms with E-state index in [4.69, 9.17) is 0 Å². The summed E-state index contributed by atoms with van der Waals surface area (Å²) in [4.78, 5) is 36.5. The van der Waals surface area contributed by atoms with Gasteiger partial charge in [-0.25, -0.2) is 4.79 Å². The van der Waals surface area contributed by atoms with Crippen LogP contribution < -0.4 is 10.6 Å². The maximum Gasteiger partial charge on any atom is 0.321 e. The molecule has 120 valence electrons. The van der Waals surface area contributed by atoms with E-state index < -0.39 is 28.9 Å². The number of carbonyl (C=O) groups is 3. The number of carboxylic acids is 1. The molecule has 1 rings (SSSR count). The number of imide groups is 1. The maximum atomic E-state index is 11.8. The van der Waals surface area contributed by atoms with Crippen LogP contribution in [-0.4, -0.2) is 53.1 Å². The van der Waals surface area contributed by atoms with Crippen LogP contribution in [0.2, 0.25) is 0 Å². The molecule has 0 saturated carbocycles. The van der Waals surface area contributed by atoms with Gasteiger partial charge in [0.1, 0.15) is 0 Å². The minimum atomic E-state index is -0.821. The van der Waals surface area contributed by atoms with Gasteiger partial charge in [-0.1, -0.05) is 6.92 Å². The highest BCUT2D eigenvalue weighted by molar-refractivity contribution is 5.95. The molecule has 3 N–H and O–H groups in total. The summed E-state index contributed by atoms with van der Waals surface area (Å²) in [5.41, 5.74) is -1.19. The second-order valence-electron chi connectivity index (χ2n) is 6.65. The molecule has 0 bridgehead atoms. The average Bonchev–Trinajstić information content (AvgIpc) is 2.70. The quantitative estimate of drug-likeness (QED) is 0.713. The predicted molar refractivity (Wildman–Crippen MR) is 77.8 cm³/mol. The van der Waals surface area contributed by atoms with Gasteiger partial charge in [0.15, 0.2) is 0 Å². The molecule has 0 spiro atoms. The molecule has 1 heterocycles. The SMILES string of the molecule is CCC1(C(=O)O)CCN(CC(=O)NC(=O)NC(C)(C)C)C1. The van der Waals surface area contributed by atoms with Crippen LogP contribution >= 0.6 is 0 Å². The van der Waals surface area contributed by atoms with Crippen molar-refractivity contribution in [3.8, 4) is 0 Å². The lowest BCUT2D eigenvalue weighted by molar-refractivity contribution is -0.148. The van der Waals surface area contributed by atoms with E-state index in [1.54, 1.807) is 4.90 Å². The number of nitrogens with zero attached hydrogens (tertiary/aromatic N) is 1. The lowest BCUT2D eigenvalue weighted by Crippen LogP contribution is -2.50. The Morgan fingerprint density at radius 3 is 2.33 bits per heavy atom. The van der Waals surface area contributed by atoms with E-state index in [1.165, 1.54) is 0 Å². The van der Waals surface area contributed by atoms with E-state index >= 15 is 0 Å². The van der Waals surface area contributed by atoms with E-state index in [9.17, 15) is 19.5 Å². The third-order valence-corrected chi connectivity index (χ3v) is 3.67. The molecule has 0 radical (unpaired) electrons. The van der Waals surface area contributed by atoms with Gasteiger partial charge in [0.05, 0.1) is 12.0 Å². The highest BCUT2D eigenvalue weighted by Crippen LogP contribution is 2.33. The minimum Gasteiger partial charge on any atom is -0.481 e. The zero-order valence-electron chi connectivity index (χ0n) is 13.2. The first-order valence-electron chi connectivity index (χ1n) is 7.16. The van der Waals surface area contributed by atoms with Crippen LogP contribution in [-0.2, 0) is 9.59 Å². The van der Waals surface area contributed by atoms with Gasteiger partial charge in [0, 0.05) is 12.1 Å². The number of rotatable bonds is 4. The van der Waals surface area contributed by atoms with Crippen molar-refractivity contribution < 1.29 is 19.5 Å². The molecule has 7 nitrogen and oxygen atoms in total. The highest BCUT2D eigenvalue weighted by Gasteiger charge is 2.43. The Balaban J connectivity index is 2.47. The standard InChI is InChI=1S/C14H25N3O4/c1-5-14(11(19)20)6-7-17(9-14)8-10(18)15-12(21)16-13(2,3)4/h5-9H2,1-4H3,(H,19,20)(H2,15,16,18,21). The molecule has 1 saturated heterocycles. The number of likely N-dealkylation sites (tertiary alicyclic amines) is 1. The van der Waals surface area contributed by atoms with Crippen molar-refractivity contribution in [1.82, 2.24) is 15.5 Å². The molecule has 21 heavy (non-hydrogen) atoms. The first kappa shape index (κ1) is 17.4. The average molecular weight is 299 g/mol. The first-order chi connectivity index (χ1) is 9.58. The molecule has 0 aromatic rings. The second kappa shape index (κ2) is 6.43. The van der Waals surface area contributed by atoms with Gasteiger partial charge < -0.3 is 10.4 Å². The molecular weight excluding hydrogens is 274 g/mol. The van der Waals surface area contributed by atoms with Crippen LogP contribution in [0.3, 0.4) is 0 Å². The number of hydrogen-bond acceptors (Lipinski definition) is 4. The number of aliphatic carboxylic acids is 1. The molecule has 1 fully saturated rings. The fourth-order valence-corrected chi connectivity index (χ4v) is 2.45. The van der Waals surface area contributed by atoms with Crippen molar-refractivity contribution in [1.29, 1.82) is 0 Å². The Hall–Kier alpha value is -1.63. The van der Waals surface area contributed by atoms with Gasteiger partial charge in [-0.15, -0.1) is 0 Å². The Labute approximate surface area is 125 Å². The molecule has 0 aromatic carbocycles. The van der Waals surface area contributed by atoms with Crippen molar-refractivity contribution in [2.45, 2.75) is 46.1 Å². The smallest absolute Gasteiger partial charge is 0.321 e. The minimum absolute atomic E-state index is 0.0343. The predicted octanol–water partition coefficient (Wildman–Crippen LogP) is 0.797. The zero-order valence-corrected chi connectivity index (χ0v) is 13.2. The monoisotopic (exact) mass is 299 g/mol. The number of carbonyl (C=O) groups excluding carboxylic acids is 2. The third-order valence-electron chi connectivity index (χ3n) is 3.67. The van der Waals surface area contributed by atoms with E-state index in [2.05, 4.69) is 10.6 Å². The summed E-state index contributed by atoms with van der Waals surface area (Å²) in [6.45, 7) is 8.22. The van der Waals surface area contributed by atoms with Crippen molar-refractivity contribution in [3.63, 3.8) is 0 Å². The first-order valence-corrected chi connectivity index (χ1v) is 7.16. The van der Waals surface area contributed by atoms with Gasteiger partial charge in [-0.05, 0) is 40.2 Å². The Kier molecular flexibility index (Phi) is 5.33. The van der Waals surface area contributed by atoms with Crippen molar-refractivity contribution in [3.05, 3.63) is 0 Å². The summed E-state index contributed by atoms with van der Waals surface area (Å²) in [6.07, 6.45) is 1.06. The molecule has 3 amide bonds. The van der Waals surface area contributed by atoms with Crippen LogP contribution in [0.15, 0.2) is 0 Å². The van der Waals surface area contributed by atoms with Crippen LogP contribution in [0.25, 0.3) is 0 Å². The van der Waals surface area contributed by atoms with Gasteiger partial charge in [0.2, 0.25) is 5.91 Å². The molecule has 1 unspecified atom stereocenters. The summed E-state index contributed by atoms with van der Waals surface area (Å²) >= 11 is 0. The van der Waals surface area contributed by atoms with Crippen molar-refractivity contribution in [2.24, 2.45) is 5.41 Å². The third kappa shape index (κ3) is 5.00. The lowest BCUT2D eigenvalue weighted by Gasteiger charge is -2.23. The van der Waals surface area contributed by atoms with E-state index in [0.29, 0.717) is 25.9 Å². The number of amides is 3. The number of carboxylic acid groups (broad SMARTS) is 1. The summed E-state index contributed by atoms with van der Waals surface area (Å²) in [7, 11) is 0. The Morgan fingerprint density at radius 2 is 1.90 bits per heavy atom. The summed E-state index contributed by atoms with van der Waals surface area (Å²) in [5.74, 6) is -1.24. The number of urea groups is 1. The van der Waals surface area contributed by atoms with E-state index in [1.807, 2.05) is 27.7 Å². The molecular formula is C14H25N3O4. The number of nitrogens with one attached hydrogen (secondary N) is 2. The number of hydrogen-bond donors (Lipinski definition) is 3. The van der Waals surface area contributed by atoms with E-state index in [-0.39, 0.29) is 6.54 Å². The van der Waals surface area contributed by atoms with Crippen molar-refractivity contribution >= 4 is 17.9 Å². The van der Waals surface area contributed by atoms with Crippen LogP contribution in [0.4, 0.5) is 4.79 Å². The van der Waals surface area contributed by atoms with Crippen LogP contribution in [0.5, 0.6) is 0 Å². The van der Waals surface area contributed by atoms with Gasteiger partial charge in [-0.2, -0.15) is 0 Å². The Morgan fingerprint density at radius 1 is 1.29 bits per heavy atom. The fraction of sp³-hybridized carbons (Fsp3) is 0.786. The zero-order chi connectivity index (χ0) is 16.3. The van der Waals surface area contributed by atoms with Gasteiger partial charge >= 0.3 is 12.0 Å². The summed E-state index contributed by atoms with van der Waals surface area (Å²) < 4.78 is 0. The fourth-order valence-electron chi connectivity index (χ4n) is 2.45. The van der Waals surface area contributed by atoms with Gasteiger partial charge in [0.25, 0.3) is 0 Å². The molecule has 7 heteroatoms. The molecule has 1 aliphatic heterocycles. The molecule has 0 aliphatic carbocycles. The maximum absolute atomic E-state index is 11.8. The second-order valence-corrected chi connectivity index (χ2v) is 6.65. The van der Waals surface area contributed by atoms with E-state index in [0.717, 1.165) is 0 Å². The molecule has 1 atom stereocenters. The molecule has 1 aliphatic rings. The largest absolute Gasteiger partial charge is 0.481 e. The topological polar surface area (TPSA) is 98.7 Å². The summed E-state index contributed by atoms with van der Waals surface area (Å²) in [6, 6.07) is -0.535. The highest BCUT2D eigenvalue weighted by atomic mass is 16.4. The Bertz CT molecular complexity index is 430. The van der Waals surface area contributed by atoms with Crippen LogP contribution in [0, 0.1) is 5.41 Å². The van der Waals surface area contributed by atoms with Gasteiger partial charge in [-0.3, -0.25) is 19.8 Å². The summed E-state index contributed by atoms with van der Waals surface area (Å²) in [5, 5.41) is 14.2. The van der Waals surface area contributed by atoms with Crippen LogP contribution in [0.1, 0.15) is 40.5 Å². The van der Waals surface area contributed by atoms with Crippen molar-refractivity contribution in [2.75, 3.05) is 19.6 Å².